The van der Waals surface area contributed by atoms with E-state index in [1.165, 1.54) is 17.1 Å². The van der Waals surface area contributed by atoms with Gasteiger partial charge in [-0.2, -0.15) is 5.11 Å². The number of fused-ring (bicyclic) bond motifs is 1. The van der Waals surface area contributed by atoms with E-state index in [9.17, 15) is 18.8 Å². The molecular formula is C19H15ClFN5O3. The van der Waals surface area contributed by atoms with E-state index < -0.39 is 35.6 Å². The Morgan fingerprint density at radius 3 is 2.59 bits per heavy atom. The highest BCUT2D eigenvalue weighted by atomic mass is 35.5. The molecule has 1 fully saturated rings. The van der Waals surface area contributed by atoms with Gasteiger partial charge in [0.25, 0.3) is 11.8 Å². The van der Waals surface area contributed by atoms with E-state index in [1.54, 1.807) is 18.2 Å². The van der Waals surface area contributed by atoms with E-state index in [1.807, 2.05) is 6.92 Å². The van der Waals surface area contributed by atoms with Crippen molar-refractivity contribution in [3.63, 3.8) is 0 Å². The highest BCUT2D eigenvalue weighted by Gasteiger charge is 2.55. The molecule has 0 spiro atoms. The molecule has 29 heavy (non-hydrogen) atoms. The molecule has 2 aliphatic rings. The predicted octanol–water partition coefficient (Wildman–Crippen LogP) is 2.72. The number of anilines is 2. The van der Waals surface area contributed by atoms with Crippen LogP contribution >= 0.6 is 11.6 Å². The SMILES string of the molecule is Cc1ccc(NC(=O)CN2N=N[C@@H]3C(=O)N(c4ccc(F)cc4)C(=O)[C@H]32)c(Cl)c1. The molecule has 1 N–H and O–H groups in total. The quantitative estimate of drug-likeness (QED) is 0.777. The minimum Gasteiger partial charge on any atom is -0.323 e. The zero-order valence-electron chi connectivity index (χ0n) is 15.2. The van der Waals surface area contributed by atoms with Gasteiger partial charge in [0, 0.05) is 0 Å². The Kier molecular flexibility index (Phi) is 4.75. The van der Waals surface area contributed by atoms with Gasteiger partial charge in [0.2, 0.25) is 5.91 Å². The summed E-state index contributed by atoms with van der Waals surface area (Å²) in [6.07, 6.45) is 0. The van der Waals surface area contributed by atoms with Gasteiger partial charge in [-0.15, -0.1) is 0 Å². The van der Waals surface area contributed by atoms with Crippen molar-refractivity contribution in [3.05, 3.63) is 58.9 Å². The number of benzene rings is 2. The number of nitrogens with one attached hydrogen (secondary N) is 1. The topological polar surface area (TPSA) is 94.4 Å². The van der Waals surface area contributed by atoms with Crippen LogP contribution in [0.3, 0.4) is 0 Å². The molecule has 2 aliphatic heterocycles. The van der Waals surface area contributed by atoms with E-state index in [-0.39, 0.29) is 12.2 Å². The second-order valence-corrected chi connectivity index (χ2v) is 7.12. The summed E-state index contributed by atoms with van der Waals surface area (Å²) < 4.78 is 13.1. The molecule has 148 valence electrons. The van der Waals surface area contributed by atoms with Crippen LogP contribution in [-0.4, -0.2) is 41.4 Å². The first-order valence-corrected chi connectivity index (χ1v) is 9.10. The van der Waals surface area contributed by atoms with Gasteiger partial charge < -0.3 is 5.32 Å². The number of hydrogen-bond acceptors (Lipinski definition) is 6. The molecule has 0 aliphatic carbocycles. The summed E-state index contributed by atoms with van der Waals surface area (Å²) in [7, 11) is 0. The van der Waals surface area contributed by atoms with Crippen molar-refractivity contribution >= 4 is 40.7 Å². The summed E-state index contributed by atoms with van der Waals surface area (Å²) in [6, 6.07) is 8.10. The van der Waals surface area contributed by atoms with Crippen LogP contribution in [0.25, 0.3) is 0 Å². The lowest BCUT2D eigenvalue weighted by molar-refractivity contribution is -0.123. The summed E-state index contributed by atoms with van der Waals surface area (Å²) in [5, 5.41) is 11.9. The van der Waals surface area contributed by atoms with Crippen molar-refractivity contribution in [1.29, 1.82) is 0 Å². The minimum absolute atomic E-state index is 0.238. The molecule has 2 atom stereocenters. The average Bonchev–Trinajstić information content (AvgIpc) is 3.19. The van der Waals surface area contributed by atoms with Gasteiger partial charge in [0.1, 0.15) is 12.4 Å². The first-order chi connectivity index (χ1) is 13.8. The summed E-state index contributed by atoms with van der Waals surface area (Å²) in [6.45, 7) is 1.59. The molecule has 2 aromatic carbocycles. The highest BCUT2D eigenvalue weighted by molar-refractivity contribution is 6.33. The lowest BCUT2D eigenvalue weighted by Crippen LogP contribution is -2.43. The van der Waals surface area contributed by atoms with E-state index >= 15 is 0 Å². The number of aryl methyl sites for hydroxylation is 1. The molecule has 8 nitrogen and oxygen atoms in total. The molecule has 0 saturated carbocycles. The Hall–Kier alpha value is -3.33. The lowest BCUT2D eigenvalue weighted by Gasteiger charge is -2.20. The molecule has 2 aromatic rings. The first-order valence-electron chi connectivity index (χ1n) is 8.72. The molecule has 10 heteroatoms. The van der Waals surface area contributed by atoms with Crippen LogP contribution in [-0.2, 0) is 14.4 Å². The summed E-state index contributed by atoms with van der Waals surface area (Å²) >= 11 is 6.12. The van der Waals surface area contributed by atoms with Gasteiger partial charge in [0.15, 0.2) is 12.1 Å². The Morgan fingerprint density at radius 2 is 1.90 bits per heavy atom. The molecule has 1 saturated heterocycles. The molecule has 3 amide bonds. The highest BCUT2D eigenvalue weighted by Crippen LogP contribution is 2.32. The zero-order valence-corrected chi connectivity index (χ0v) is 15.9. The summed E-state index contributed by atoms with van der Waals surface area (Å²) in [5.41, 5.74) is 1.61. The van der Waals surface area contributed by atoms with Gasteiger partial charge in [-0.25, -0.2) is 9.29 Å². The van der Waals surface area contributed by atoms with E-state index in [0.29, 0.717) is 10.7 Å². The third-order valence-corrected chi connectivity index (χ3v) is 4.96. The van der Waals surface area contributed by atoms with Crippen LogP contribution in [0.4, 0.5) is 15.8 Å². The number of halogens is 2. The Bertz CT molecular complexity index is 1040. The van der Waals surface area contributed by atoms with Gasteiger partial charge in [0.05, 0.1) is 16.4 Å². The number of rotatable bonds is 4. The molecule has 0 aromatic heterocycles. The van der Waals surface area contributed by atoms with E-state index in [0.717, 1.165) is 22.6 Å². The standard InChI is InChI=1S/C19H15ClFN5O3/c1-10-2-7-14(13(20)8-10)22-15(27)9-25-17-16(23-24-25)18(28)26(19(17)29)12-5-3-11(21)4-6-12/h2-8,16-17H,9H2,1H3,(H,22,27)/t16-,17-/m0/s1. The van der Waals surface area contributed by atoms with Crippen molar-refractivity contribution in [2.24, 2.45) is 10.3 Å². The van der Waals surface area contributed by atoms with Crippen molar-refractivity contribution in [3.8, 4) is 0 Å². The van der Waals surface area contributed by atoms with Gasteiger partial charge in [-0.1, -0.05) is 22.9 Å². The van der Waals surface area contributed by atoms with Crippen LogP contribution in [0.2, 0.25) is 5.02 Å². The average molecular weight is 416 g/mol. The number of hydrogen-bond donors (Lipinski definition) is 1. The molecule has 4 rings (SSSR count). The van der Waals surface area contributed by atoms with Crippen molar-refractivity contribution in [1.82, 2.24) is 5.01 Å². The second kappa shape index (κ2) is 7.25. The van der Waals surface area contributed by atoms with Crippen LogP contribution in [0.1, 0.15) is 5.56 Å². The van der Waals surface area contributed by atoms with Crippen molar-refractivity contribution < 1.29 is 18.8 Å². The number of amides is 3. The van der Waals surface area contributed by atoms with E-state index in [2.05, 4.69) is 15.7 Å². The summed E-state index contributed by atoms with van der Waals surface area (Å²) in [5.74, 6) is -2.09. The molecule has 0 unspecified atom stereocenters. The first kappa shape index (κ1) is 19.0. The number of imide groups is 1. The number of carbonyl (C=O) groups excluding carboxylic acids is 3. The van der Waals surface area contributed by atoms with Gasteiger partial charge in [-0.3, -0.25) is 19.4 Å². The van der Waals surface area contributed by atoms with Gasteiger partial charge in [-0.05, 0) is 48.9 Å². The largest absolute Gasteiger partial charge is 0.323 e. The second-order valence-electron chi connectivity index (χ2n) is 6.71. The molecule has 0 radical (unpaired) electrons. The number of nitrogens with zero attached hydrogens (tertiary/aromatic N) is 4. The molecule has 0 bridgehead atoms. The lowest BCUT2D eigenvalue weighted by atomic mass is 10.1. The monoisotopic (exact) mass is 415 g/mol. The smallest absolute Gasteiger partial charge is 0.263 e. The number of carbonyl (C=O) groups is 3. The summed E-state index contributed by atoms with van der Waals surface area (Å²) in [4.78, 5) is 38.8. The normalized spacial score (nSPS) is 20.4. The fourth-order valence-corrected chi connectivity index (χ4v) is 3.54. The van der Waals surface area contributed by atoms with Crippen LogP contribution in [0.5, 0.6) is 0 Å². The Balaban J connectivity index is 1.49. The minimum atomic E-state index is -1.04. The fourth-order valence-electron chi connectivity index (χ4n) is 3.26. The van der Waals surface area contributed by atoms with Crippen LogP contribution in [0.15, 0.2) is 52.8 Å². The van der Waals surface area contributed by atoms with Crippen molar-refractivity contribution in [2.45, 2.75) is 19.0 Å². The van der Waals surface area contributed by atoms with Crippen molar-refractivity contribution in [2.75, 3.05) is 16.8 Å². The Labute approximate surface area is 169 Å². The zero-order chi connectivity index (χ0) is 20.7. The Morgan fingerprint density at radius 1 is 1.17 bits per heavy atom. The fraction of sp³-hybridized carbons (Fsp3) is 0.211. The third kappa shape index (κ3) is 3.44. The molecule has 2 heterocycles. The van der Waals surface area contributed by atoms with Crippen LogP contribution in [0, 0.1) is 12.7 Å². The predicted molar refractivity (Wildman–Crippen MR) is 103 cm³/mol. The maximum atomic E-state index is 13.1. The van der Waals surface area contributed by atoms with Crippen LogP contribution < -0.4 is 10.2 Å². The van der Waals surface area contributed by atoms with E-state index in [4.69, 9.17) is 11.6 Å². The van der Waals surface area contributed by atoms with Gasteiger partial charge >= 0.3 is 0 Å². The maximum Gasteiger partial charge on any atom is 0.263 e. The molecular weight excluding hydrogens is 401 g/mol. The maximum absolute atomic E-state index is 13.1. The third-order valence-electron chi connectivity index (χ3n) is 4.65.